The van der Waals surface area contributed by atoms with Gasteiger partial charge in [-0.1, -0.05) is 6.92 Å². The van der Waals surface area contributed by atoms with E-state index < -0.39 is 11.9 Å². The summed E-state index contributed by atoms with van der Waals surface area (Å²) in [4.78, 5) is 22.8. The molecule has 0 spiro atoms. The average Bonchev–Trinajstić information content (AvgIpc) is 2.15. The van der Waals surface area contributed by atoms with Gasteiger partial charge in [0, 0.05) is 23.6 Å². The highest BCUT2D eigenvalue weighted by molar-refractivity contribution is 6.01. The molecule has 1 heterocycles. The van der Waals surface area contributed by atoms with E-state index >= 15 is 0 Å². The predicted molar refractivity (Wildman–Crippen MR) is 57.0 cm³/mol. The van der Waals surface area contributed by atoms with Gasteiger partial charge in [0.2, 0.25) is 0 Å². The maximum absolute atomic E-state index is 11.8. The normalized spacial score (nSPS) is 25.3. The molecule has 2 rings (SSSR count). The summed E-state index contributed by atoms with van der Waals surface area (Å²) in [5.74, 6) is -1.29. The smallest absolute Gasteiger partial charge is 0.335 e. The number of nitrogens with one attached hydrogen (secondary N) is 1. The molecule has 0 aromatic heterocycles. The van der Waals surface area contributed by atoms with Crippen LogP contribution in [0.1, 0.15) is 26.2 Å². The van der Waals surface area contributed by atoms with E-state index in [0.717, 1.165) is 18.5 Å². The maximum atomic E-state index is 11.8. The van der Waals surface area contributed by atoms with Crippen molar-refractivity contribution in [1.82, 2.24) is 5.32 Å². The largest absolute Gasteiger partial charge is 0.478 e. The number of allylic oxidation sites excluding steroid dienone is 2. The molecule has 0 saturated heterocycles. The molecule has 0 radical (unpaired) electrons. The van der Waals surface area contributed by atoms with E-state index in [1.165, 1.54) is 0 Å². The van der Waals surface area contributed by atoms with Crippen LogP contribution in [0.4, 0.5) is 0 Å². The van der Waals surface area contributed by atoms with E-state index in [-0.39, 0.29) is 17.2 Å². The molecule has 1 unspecified atom stereocenters. The lowest BCUT2D eigenvalue weighted by Gasteiger charge is -2.30. The predicted octanol–water partition coefficient (Wildman–Crippen LogP) is 0.488. The van der Waals surface area contributed by atoms with E-state index in [1.54, 1.807) is 6.92 Å². The Labute approximate surface area is 93.0 Å². The minimum Gasteiger partial charge on any atom is -0.478 e. The van der Waals surface area contributed by atoms with Crippen LogP contribution in [0.2, 0.25) is 0 Å². The van der Waals surface area contributed by atoms with Gasteiger partial charge in [-0.25, -0.2) is 4.79 Å². The van der Waals surface area contributed by atoms with Crippen LogP contribution < -0.4 is 11.1 Å². The van der Waals surface area contributed by atoms with E-state index in [0.29, 0.717) is 12.0 Å². The number of dihydropyridines is 1. The summed E-state index contributed by atoms with van der Waals surface area (Å²) < 4.78 is 0. The Morgan fingerprint density at radius 3 is 2.81 bits per heavy atom. The number of aliphatic carboxylic acids is 1. The number of Topliss-reactive ketones (excluding diaryl/α,β-unsaturated/α-hetero) is 1. The number of hydrogen-bond acceptors (Lipinski definition) is 4. The molecule has 86 valence electrons. The highest BCUT2D eigenvalue weighted by Crippen LogP contribution is 2.34. The highest BCUT2D eigenvalue weighted by atomic mass is 16.4. The lowest BCUT2D eigenvalue weighted by atomic mass is 9.80. The van der Waals surface area contributed by atoms with Crippen LogP contribution in [0.3, 0.4) is 0 Å². The number of ketones is 1. The monoisotopic (exact) mass is 222 g/mol. The number of carbonyl (C=O) groups is 2. The summed E-state index contributed by atoms with van der Waals surface area (Å²) in [6, 6.07) is 0. The van der Waals surface area contributed by atoms with Gasteiger partial charge in [0.05, 0.1) is 5.57 Å². The molecule has 0 amide bonds. The molecule has 0 aromatic carbocycles. The summed E-state index contributed by atoms with van der Waals surface area (Å²) in [5, 5.41) is 11.9. The van der Waals surface area contributed by atoms with Crippen molar-refractivity contribution < 1.29 is 14.7 Å². The lowest BCUT2D eigenvalue weighted by molar-refractivity contribution is -0.133. The van der Waals surface area contributed by atoms with Gasteiger partial charge in [0.15, 0.2) is 5.78 Å². The third-order valence-corrected chi connectivity index (χ3v) is 3.13. The Morgan fingerprint density at radius 1 is 1.50 bits per heavy atom. The molecule has 5 nitrogen and oxygen atoms in total. The van der Waals surface area contributed by atoms with Gasteiger partial charge in [-0.15, -0.1) is 0 Å². The molecule has 1 atom stereocenters. The topological polar surface area (TPSA) is 92.4 Å². The quantitative estimate of drug-likeness (QED) is 0.600. The fourth-order valence-corrected chi connectivity index (χ4v) is 2.40. The van der Waals surface area contributed by atoms with E-state index in [2.05, 4.69) is 5.32 Å². The van der Waals surface area contributed by atoms with Gasteiger partial charge in [-0.2, -0.15) is 0 Å². The molecule has 4 N–H and O–H groups in total. The SMILES string of the molecule is CC1C(C(=O)O)=C(N)NC2=C1C(=O)CCC2. The molecule has 0 aromatic rings. The molecule has 2 aliphatic rings. The van der Waals surface area contributed by atoms with Gasteiger partial charge in [-0.3, -0.25) is 4.79 Å². The van der Waals surface area contributed by atoms with Gasteiger partial charge in [0.25, 0.3) is 0 Å². The molecule has 5 heteroatoms. The molecule has 0 saturated carbocycles. The maximum Gasteiger partial charge on any atom is 0.335 e. The molecule has 0 bridgehead atoms. The zero-order valence-corrected chi connectivity index (χ0v) is 9.04. The molecule has 0 fully saturated rings. The summed E-state index contributed by atoms with van der Waals surface area (Å²) in [6.45, 7) is 1.72. The number of hydrogen-bond donors (Lipinski definition) is 3. The lowest BCUT2D eigenvalue weighted by Crippen LogP contribution is -2.37. The van der Waals surface area contributed by atoms with Crippen LogP contribution in [-0.2, 0) is 9.59 Å². The number of rotatable bonds is 1. The van der Waals surface area contributed by atoms with E-state index in [1.807, 2.05) is 0 Å². The summed E-state index contributed by atoms with van der Waals surface area (Å²) in [7, 11) is 0. The second-order valence-corrected chi connectivity index (χ2v) is 4.15. The second kappa shape index (κ2) is 3.66. The van der Waals surface area contributed by atoms with Gasteiger partial charge in [0.1, 0.15) is 5.82 Å². The van der Waals surface area contributed by atoms with Gasteiger partial charge >= 0.3 is 5.97 Å². The second-order valence-electron chi connectivity index (χ2n) is 4.15. The van der Waals surface area contributed by atoms with Crippen LogP contribution in [0.15, 0.2) is 22.7 Å². The first kappa shape index (κ1) is 10.7. The first-order valence-electron chi connectivity index (χ1n) is 5.28. The Balaban J connectivity index is 2.44. The molecule has 1 aliphatic heterocycles. The van der Waals surface area contributed by atoms with Crippen LogP contribution in [0.25, 0.3) is 0 Å². The zero-order valence-electron chi connectivity index (χ0n) is 9.04. The van der Waals surface area contributed by atoms with Crippen LogP contribution >= 0.6 is 0 Å². The van der Waals surface area contributed by atoms with Crippen LogP contribution in [0, 0.1) is 5.92 Å². The molecule has 1 aliphatic carbocycles. The van der Waals surface area contributed by atoms with Crippen molar-refractivity contribution in [2.75, 3.05) is 0 Å². The minimum absolute atomic E-state index is 0.0347. The Hall–Kier alpha value is -1.78. The molecular weight excluding hydrogens is 208 g/mol. The van der Waals surface area contributed by atoms with Crippen molar-refractivity contribution in [2.45, 2.75) is 26.2 Å². The fourth-order valence-electron chi connectivity index (χ4n) is 2.40. The summed E-state index contributed by atoms with van der Waals surface area (Å²) >= 11 is 0. The Morgan fingerprint density at radius 2 is 2.19 bits per heavy atom. The number of carboxylic acids is 1. The summed E-state index contributed by atoms with van der Waals surface area (Å²) in [6.07, 6.45) is 2.06. The fraction of sp³-hybridized carbons (Fsp3) is 0.455. The number of carboxylic acid groups (broad SMARTS) is 1. The number of carbonyl (C=O) groups excluding carboxylic acids is 1. The molecule has 16 heavy (non-hydrogen) atoms. The highest BCUT2D eigenvalue weighted by Gasteiger charge is 2.35. The Kier molecular flexibility index (Phi) is 2.46. The van der Waals surface area contributed by atoms with Crippen molar-refractivity contribution in [1.29, 1.82) is 0 Å². The Bertz CT molecular complexity index is 435. The third kappa shape index (κ3) is 1.48. The third-order valence-electron chi connectivity index (χ3n) is 3.13. The van der Waals surface area contributed by atoms with Crippen molar-refractivity contribution in [3.8, 4) is 0 Å². The van der Waals surface area contributed by atoms with Gasteiger partial charge < -0.3 is 16.2 Å². The first-order valence-corrected chi connectivity index (χ1v) is 5.28. The molecular formula is C11H14N2O3. The van der Waals surface area contributed by atoms with Crippen molar-refractivity contribution >= 4 is 11.8 Å². The van der Waals surface area contributed by atoms with Gasteiger partial charge in [-0.05, 0) is 12.8 Å². The van der Waals surface area contributed by atoms with Crippen molar-refractivity contribution in [3.05, 3.63) is 22.7 Å². The van der Waals surface area contributed by atoms with Crippen molar-refractivity contribution in [2.24, 2.45) is 11.7 Å². The van der Waals surface area contributed by atoms with Crippen LogP contribution in [0.5, 0.6) is 0 Å². The average molecular weight is 222 g/mol. The van der Waals surface area contributed by atoms with Crippen molar-refractivity contribution in [3.63, 3.8) is 0 Å². The van der Waals surface area contributed by atoms with E-state index in [9.17, 15) is 9.59 Å². The summed E-state index contributed by atoms with van der Waals surface area (Å²) in [5.41, 5.74) is 7.15. The zero-order chi connectivity index (χ0) is 11.9. The van der Waals surface area contributed by atoms with Crippen LogP contribution in [-0.4, -0.2) is 16.9 Å². The van der Waals surface area contributed by atoms with E-state index in [4.69, 9.17) is 10.8 Å². The number of nitrogens with two attached hydrogens (primary N) is 1. The minimum atomic E-state index is -1.07. The standard InChI is InChI=1S/C11H14N2O3/c1-5-8-6(3-2-4-7(8)14)13-10(12)9(5)11(15)16/h5,13H,2-4,12H2,1H3,(H,15,16). The first-order chi connectivity index (χ1) is 7.52.